The van der Waals surface area contributed by atoms with Gasteiger partial charge >= 0.3 is 5.97 Å². The fourth-order valence-electron chi connectivity index (χ4n) is 1.75. The lowest BCUT2D eigenvalue weighted by atomic mass is 9.91. The predicted molar refractivity (Wildman–Crippen MR) is 75.3 cm³/mol. The minimum Gasteiger partial charge on any atom is -0.475 e. The molecular formula is C14H13BrFNO3. The lowest BCUT2D eigenvalue weighted by Crippen LogP contribution is -2.16. The van der Waals surface area contributed by atoms with Gasteiger partial charge in [0.15, 0.2) is 0 Å². The molecule has 1 heterocycles. The van der Waals surface area contributed by atoms with Crippen molar-refractivity contribution in [2.75, 3.05) is 0 Å². The second-order valence-corrected chi connectivity index (χ2v) is 6.23. The van der Waals surface area contributed by atoms with Crippen molar-refractivity contribution in [1.82, 2.24) is 4.98 Å². The summed E-state index contributed by atoms with van der Waals surface area (Å²) in [4.78, 5) is 15.5. The zero-order valence-electron chi connectivity index (χ0n) is 11.2. The van der Waals surface area contributed by atoms with Crippen LogP contribution in [0.25, 0.3) is 11.5 Å². The molecule has 20 heavy (non-hydrogen) atoms. The molecule has 0 atom stereocenters. The normalized spacial score (nSPS) is 11.7. The van der Waals surface area contributed by atoms with E-state index in [0.29, 0.717) is 15.7 Å². The van der Waals surface area contributed by atoms with Gasteiger partial charge in [0.2, 0.25) is 11.7 Å². The number of rotatable bonds is 2. The van der Waals surface area contributed by atoms with E-state index in [1.54, 1.807) is 0 Å². The summed E-state index contributed by atoms with van der Waals surface area (Å²) in [5.74, 6) is -1.78. The number of carboxylic acids is 1. The molecule has 0 aliphatic carbocycles. The quantitative estimate of drug-likeness (QED) is 0.887. The summed E-state index contributed by atoms with van der Waals surface area (Å²) in [7, 11) is 0. The molecule has 1 N–H and O–H groups in total. The maximum atomic E-state index is 13.3. The molecule has 2 rings (SSSR count). The average Bonchev–Trinajstić information content (AvgIpc) is 2.77. The van der Waals surface area contributed by atoms with Crippen molar-refractivity contribution in [3.63, 3.8) is 0 Å². The van der Waals surface area contributed by atoms with Gasteiger partial charge in [-0.3, -0.25) is 0 Å². The van der Waals surface area contributed by atoms with Crippen LogP contribution < -0.4 is 0 Å². The van der Waals surface area contributed by atoms with E-state index < -0.39 is 17.2 Å². The molecule has 0 amide bonds. The highest BCUT2D eigenvalue weighted by Gasteiger charge is 2.29. The number of hydrogen-bond acceptors (Lipinski definition) is 3. The third kappa shape index (κ3) is 2.75. The van der Waals surface area contributed by atoms with Gasteiger partial charge in [0.25, 0.3) is 0 Å². The number of aromatic carboxylic acids is 1. The van der Waals surface area contributed by atoms with Crippen molar-refractivity contribution in [3.05, 3.63) is 39.9 Å². The molecule has 2 aromatic rings. The third-order valence-electron chi connectivity index (χ3n) is 2.69. The second kappa shape index (κ2) is 5.01. The highest BCUT2D eigenvalue weighted by atomic mass is 79.9. The zero-order chi connectivity index (χ0) is 15.1. The maximum Gasteiger partial charge on any atom is 0.373 e. The molecule has 0 spiro atoms. The molecule has 1 aromatic heterocycles. The number of hydrogen-bond donors (Lipinski definition) is 1. The summed E-state index contributed by atoms with van der Waals surface area (Å²) in [6.45, 7) is 5.51. The smallest absolute Gasteiger partial charge is 0.373 e. The molecule has 0 saturated heterocycles. The first-order valence-electron chi connectivity index (χ1n) is 5.90. The molecule has 6 heteroatoms. The Kier molecular flexibility index (Phi) is 3.69. The van der Waals surface area contributed by atoms with E-state index in [2.05, 4.69) is 20.9 Å². The van der Waals surface area contributed by atoms with Crippen molar-refractivity contribution in [1.29, 1.82) is 0 Å². The van der Waals surface area contributed by atoms with Gasteiger partial charge in [0.1, 0.15) is 11.5 Å². The minimum atomic E-state index is -1.19. The number of carboxylic acid groups (broad SMARTS) is 1. The van der Waals surface area contributed by atoms with E-state index >= 15 is 0 Å². The molecule has 0 radical (unpaired) electrons. The van der Waals surface area contributed by atoms with Crippen LogP contribution in [0, 0.1) is 5.82 Å². The van der Waals surface area contributed by atoms with Gasteiger partial charge in [-0.15, -0.1) is 0 Å². The molecule has 106 valence electrons. The summed E-state index contributed by atoms with van der Waals surface area (Å²) >= 11 is 3.27. The fraction of sp³-hybridized carbons (Fsp3) is 0.286. The molecular weight excluding hydrogens is 329 g/mol. The second-order valence-electron chi connectivity index (χ2n) is 5.38. The molecule has 0 aliphatic heterocycles. The van der Waals surface area contributed by atoms with E-state index in [-0.39, 0.29) is 11.7 Å². The average molecular weight is 342 g/mol. The number of carbonyl (C=O) groups is 1. The topological polar surface area (TPSA) is 63.3 Å². The summed E-state index contributed by atoms with van der Waals surface area (Å²) in [5, 5.41) is 9.19. The lowest BCUT2D eigenvalue weighted by Gasteiger charge is -2.14. The molecule has 0 fully saturated rings. The Bertz CT molecular complexity index is 674. The Balaban J connectivity index is 2.65. The van der Waals surface area contributed by atoms with Crippen LogP contribution in [0.4, 0.5) is 4.39 Å². The van der Waals surface area contributed by atoms with Gasteiger partial charge in [0.05, 0.1) is 5.56 Å². The Morgan fingerprint density at radius 1 is 1.40 bits per heavy atom. The summed E-state index contributed by atoms with van der Waals surface area (Å²) < 4.78 is 19.2. The van der Waals surface area contributed by atoms with Crippen molar-refractivity contribution in [3.8, 4) is 11.5 Å². The summed E-state index contributed by atoms with van der Waals surface area (Å²) in [6.07, 6.45) is 0. The maximum absolute atomic E-state index is 13.3. The Morgan fingerprint density at radius 3 is 2.55 bits per heavy atom. The van der Waals surface area contributed by atoms with Gasteiger partial charge < -0.3 is 9.52 Å². The van der Waals surface area contributed by atoms with Crippen LogP contribution in [0.15, 0.2) is 27.1 Å². The van der Waals surface area contributed by atoms with E-state index in [9.17, 15) is 14.3 Å². The van der Waals surface area contributed by atoms with Crippen LogP contribution in [0.2, 0.25) is 0 Å². The Morgan fingerprint density at radius 2 is 2.05 bits per heavy atom. The van der Waals surface area contributed by atoms with E-state index in [4.69, 9.17) is 4.42 Å². The van der Waals surface area contributed by atoms with E-state index in [0.717, 1.165) is 0 Å². The van der Waals surface area contributed by atoms with Crippen LogP contribution in [0.1, 0.15) is 37.0 Å². The number of benzene rings is 1. The van der Waals surface area contributed by atoms with Gasteiger partial charge in [-0.05, 0) is 34.1 Å². The van der Waals surface area contributed by atoms with Crippen LogP contribution in [-0.4, -0.2) is 16.1 Å². The third-order valence-corrected chi connectivity index (χ3v) is 3.38. The van der Waals surface area contributed by atoms with Crippen LogP contribution in [0.5, 0.6) is 0 Å². The first-order valence-corrected chi connectivity index (χ1v) is 6.69. The predicted octanol–water partition coefficient (Wildman–Crippen LogP) is 4.24. The standard InChI is InChI=1S/C14H13BrFNO3/c1-14(2,3)11-10(13(18)19)20-12(17-11)8-6-7(16)4-5-9(8)15/h4-6H,1-3H3,(H,18,19). The lowest BCUT2D eigenvalue weighted by molar-refractivity contribution is 0.0659. The largest absolute Gasteiger partial charge is 0.475 e. The number of halogens is 2. The first-order chi connectivity index (χ1) is 9.20. The van der Waals surface area contributed by atoms with Crippen molar-refractivity contribution < 1.29 is 18.7 Å². The monoisotopic (exact) mass is 341 g/mol. The Hall–Kier alpha value is -1.69. The number of nitrogens with zero attached hydrogens (tertiary/aromatic N) is 1. The van der Waals surface area contributed by atoms with Gasteiger partial charge in [-0.25, -0.2) is 14.2 Å². The van der Waals surface area contributed by atoms with Crippen molar-refractivity contribution in [2.24, 2.45) is 0 Å². The molecule has 0 aliphatic rings. The molecule has 0 saturated carbocycles. The van der Waals surface area contributed by atoms with Crippen molar-refractivity contribution in [2.45, 2.75) is 26.2 Å². The SMILES string of the molecule is CC(C)(C)c1nc(-c2cc(F)ccc2Br)oc1C(=O)O. The number of aromatic nitrogens is 1. The fourth-order valence-corrected chi connectivity index (χ4v) is 2.17. The molecule has 1 aromatic carbocycles. The highest BCUT2D eigenvalue weighted by molar-refractivity contribution is 9.10. The summed E-state index contributed by atoms with van der Waals surface area (Å²) in [6, 6.07) is 4.05. The molecule has 0 unspecified atom stereocenters. The van der Waals surface area contributed by atoms with Crippen LogP contribution in [0.3, 0.4) is 0 Å². The highest BCUT2D eigenvalue weighted by Crippen LogP contribution is 2.33. The van der Waals surface area contributed by atoms with Crippen molar-refractivity contribution >= 4 is 21.9 Å². The van der Waals surface area contributed by atoms with Crippen LogP contribution in [-0.2, 0) is 5.41 Å². The molecule has 0 bridgehead atoms. The minimum absolute atomic E-state index is 0.0821. The van der Waals surface area contributed by atoms with E-state index in [1.165, 1.54) is 18.2 Å². The number of oxazole rings is 1. The molecule has 4 nitrogen and oxygen atoms in total. The van der Waals surface area contributed by atoms with Gasteiger partial charge in [-0.1, -0.05) is 20.8 Å². The van der Waals surface area contributed by atoms with Crippen LogP contribution >= 0.6 is 15.9 Å². The van der Waals surface area contributed by atoms with E-state index in [1.807, 2.05) is 20.8 Å². The zero-order valence-corrected chi connectivity index (χ0v) is 12.8. The Labute approximate surface area is 123 Å². The van der Waals surface area contributed by atoms with Gasteiger partial charge in [-0.2, -0.15) is 0 Å². The van der Waals surface area contributed by atoms with Gasteiger partial charge in [0, 0.05) is 9.89 Å². The first kappa shape index (κ1) is 14.7. The summed E-state index contributed by atoms with van der Waals surface area (Å²) in [5.41, 5.74) is 0.217.